The number of piperidine rings is 2. The Labute approximate surface area is 191 Å². The molecule has 0 amide bonds. The molecule has 3 aliphatic rings. The Morgan fingerprint density at radius 3 is 2.90 bits per heavy atom. The number of carbonyl (C=O) groups is 1. The highest BCUT2D eigenvalue weighted by Gasteiger charge is 2.54. The van der Waals surface area contributed by atoms with Crippen molar-refractivity contribution in [1.29, 1.82) is 0 Å². The van der Waals surface area contributed by atoms with E-state index in [1.165, 1.54) is 0 Å². The lowest BCUT2D eigenvalue weighted by Crippen LogP contribution is -2.60. The molecule has 0 spiro atoms. The monoisotopic (exact) mass is 492 g/mol. The molecular weight excluding hydrogens is 464 g/mol. The fourth-order valence-electron chi connectivity index (χ4n) is 5.55. The molecule has 4 rings (SSSR count). The van der Waals surface area contributed by atoms with Crippen LogP contribution in [0.1, 0.15) is 31.7 Å². The summed E-state index contributed by atoms with van der Waals surface area (Å²) in [6.07, 6.45) is 4.08. The van der Waals surface area contributed by atoms with Crippen molar-refractivity contribution in [3.8, 4) is 5.75 Å². The van der Waals surface area contributed by atoms with Crippen LogP contribution in [0.2, 0.25) is 0 Å². The average Bonchev–Trinajstić information content (AvgIpc) is 3.09. The third-order valence-electron chi connectivity index (χ3n) is 6.99. The van der Waals surface area contributed by atoms with Crippen LogP contribution >= 0.6 is 15.9 Å². The van der Waals surface area contributed by atoms with Gasteiger partial charge in [0, 0.05) is 18.7 Å². The molecule has 168 valence electrons. The first-order valence-corrected chi connectivity index (χ1v) is 11.5. The first kappa shape index (κ1) is 22.3. The zero-order valence-corrected chi connectivity index (χ0v) is 19.7. The number of rotatable bonds is 7. The number of ether oxygens (including phenoxy) is 3. The van der Waals surface area contributed by atoms with E-state index in [1.54, 1.807) is 20.5 Å². The average molecular weight is 493 g/mol. The molecule has 0 radical (unpaired) electrons. The Kier molecular flexibility index (Phi) is 6.42. The van der Waals surface area contributed by atoms with Gasteiger partial charge in [0.1, 0.15) is 18.0 Å². The molecule has 3 heterocycles. The minimum absolute atomic E-state index is 0.00100. The molecule has 3 aliphatic heterocycles. The number of hydrogen-bond acceptors (Lipinski definition) is 7. The van der Waals surface area contributed by atoms with Crippen LogP contribution in [0.3, 0.4) is 0 Å². The summed E-state index contributed by atoms with van der Waals surface area (Å²) in [5.74, 6) is 1.23. The van der Waals surface area contributed by atoms with Gasteiger partial charge in [-0.3, -0.25) is 14.7 Å². The zero-order chi connectivity index (χ0) is 22.2. The van der Waals surface area contributed by atoms with E-state index in [1.807, 2.05) is 12.1 Å². The molecule has 4 atom stereocenters. The molecular formula is C23H29BrN2O5. The highest BCUT2D eigenvalue weighted by molar-refractivity contribution is 9.10. The van der Waals surface area contributed by atoms with Crippen molar-refractivity contribution >= 4 is 33.8 Å². The van der Waals surface area contributed by atoms with E-state index >= 15 is 0 Å². The van der Waals surface area contributed by atoms with E-state index in [0.717, 1.165) is 52.9 Å². The van der Waals surface area contributed by atoms with Gasteiger partial charge in [-0.1, -0.05) is 13.3 Å². The van der Waals surface area contributed by atoms with Crippen molar-refractivity contribution in [3.63, 3.8) is 0 Å². The van der Waals surface area contributed by atoms with Crippen LogP contribution in [0.4, 0.5) is 5.69 Å². The molecule has 0 aromatic heterocycles. The summed E-state index contributed by atoms with van der Waals surface area (Å²) >= 11 is 3.55. The van der Waals surface area contributed by atoms with E-state index < -0.39 is 5.60 Å². The van der Waals surface area contributed by atoms with Crippen LogP contribution in [0.25, 0.3) is 0 Å². The first-order chi connectivity index (χ1) is 15.0. The minimum atomic E-state index is -1.14. The summed E-state index contributed by atoms with van der Waals surface area (Å²) in [5, 5.41) is 11.9. The van der Waals surface area contributed by atoms with Crippen LogP contribution in [0.15, 0.2) is 33.4 Å². The lowest BCUT2D eigenvalue weighted by Gasteiger charge is -2.50. The summed E-state index contributed by atoms with van der Waals surface area (Å²) < 4.78 is 16.8. The molecule has 1 N–H and O–H groups in total. The summed E-state index contributed by atoms with van der Waals surface area (Å²) in [7, 11) is 3.23. The highest BCUT2D eigenvalue weighted by Crippen LogP contribution is 2.53. The Balaban J connectivity index is 1.70. The summed E-state index contributed by atoms with van der Waals surface area (Å²) in [4.78, 5) is 18.2. The number of benzene rings is 1. The molecule has 0 saturated carbocycles. The Bertz CT molecular complexity index is 917. The van der Waals surface area contributed by atoms with E-state index in [9.17, 15) is 9.90 Å². The number of aliphatic hydroxyl groups is 1. The second kappa shape index (κ2) is 8.92. The van der Waals surface area contributed by atoms with Crippen molar-refractivity contribution in [1.82, 2.24) is 4.90 Å². The molecule has 0 aliphatic carbocycles. The molecule has 7 nitrogen and oxygen atoms in total. The van der Waals surface area contributed by atoms with Crippen molar-refractivity contribution in [2.24, 2.45) is 16.8 Å². The maximum atomic E-state index is 11.9. The standard InChI is InChI=1S/C23H29BrN2O5/c1-4-14-10-26-8-7-23(28)20-18(6-5-17(24)21(20)30-3)25-22(23)19(26)9-16(14)15(11-29-2)12-31-13-27/h5-6,11,13-14,16,19,28H,4,7-10,12H2,1-3H3/t14-,16+,19+,23+/m1/s1. The Hall–Kier alpha value is -1.90. The highest BCUT2D eigenvalue weighted by atomic mass is 79.9. The Morgan fingerprint density at radius 1 is 1.42 bits per heavy atom. The van der Waals surface area contributed by atoms with Gasteiger partial charge in [-0.2, -0.15) is 0 Å². The van der Waals surface area contributed by atoms with Gasteiger partial charge >= 0.3 is 0 Å². The van der Waals surface area contributed by atoms with E-state index in [-0.39, 0.29) is 18.6 Å². The van der Waals surface area contributed by atoms with Gasteiger partial charge in [-0.25, -0.2) is 0 Å². The van der Waals surface area contributed by atoms with Gasteiger partial charge in [0.15, 0.2) is 0 Å². The predicted octanol–water partition coefficient (Wildman–Crippen LogP) is 3.56. The summed E-state index contributed by atoms with van der Waals surface area (Å²) in [5.41, 5.74) is 2.14. The number of hydrogen-bond donors (Lipinski definition) is 1. The second-order valence-electron chi connectivity index (χ2n) is 8.44. The molecule has 2 saturated heterocycles. The van der Waals surface area contributed by atoms with Crippen LogP contribution in [0.5, 0.6) is 5.75 Å². The maximum Gasteiger partial charge on any atom is 0.293 e. The fraction of sp³-hybridized carbons (Fsp3) is 0.565. The van der Waals surface area contributed by atoms with Crippen LogP contribution in [-0.2, 0) is 19.9 Å². The number of nitrogens with zero attached hydrogens (tertiary/aromatic N) is 2. The van der Waals surface area contributed by atoms with E-state index in [0.29, 0.717) is 24.6 Å². The normalized spacial score (nSPS) is 30.0. The summed E-state index contributed by atoms with van der Waals surface area (Å²) in [6.45, 7) is 4.56. The quantitative estimate of drug-likeness (QED) is 0.462. The minimum Gasteiger partial charge on any atom is -0.504 e. The fourth-order valence-corrected chi connectivity index (χ4v) is 6.04. The molecule has 31 heavy (non-hydrogen) atoms. The number of aliphatic imine (C=N–C) groups is 1. The molecule has 1 aromatic carbocycles. The van der Waals surface area contributed by atoms with Gasteiger partial charge in [-0.15, -0.1) is 0 Å². The summed E-state index contributed by atoms with van der Waals surface area (Å²) in [6, 6.07) is 3.84. The first-order valence-electron chi connectivity index (χ1n) is 10.7. The lowest BCUT2D eigenvalue weighted by molar-refractivity contribution is -0.128. The van der Waals surface area contributed by atoms with Crippen LogP contribution < -0.4 is 4.74 Å². The number of carbonyl (C=O) groups excluding carboxylic acids is 1. The molecule has 0 bridgehead atoms. The Morgan fingerprint density at radius 2 is 2.23 bits per heavy atom. The lowest BCUT2D eigenvalue weighted by atomic mass is 9.70. The van der Waals surface area contributed by atoms with Crippen molar-refractivity contribution in [3.05, 3.63) is 34.0 Å². The number of fused-ring (bicyclic) bond motifs is 5. The number of methoxy groups -OCH3 is 2. The van der Waals surface area contributed by atoms with Gasteiger partial charge in [0.25, 0.3) is 6.47 Å². The van der Waals surface area contributed by atoms with Crippen molar-refractivity contribution in [2.45, 2.75) is 37.8 Å². The van der Waals surface area contributed by atoms with E-state index in [2.05, 4.69) is 27.8 Å². The topological polar surface area (TPSA) is 80.6 Å². The molecule has 8 heteroatoms. The van der Waals surface area contributed by atoms with Crippen LogP contribution in [-0.4, -0.2) is 62.1 Å². The molecule has 2 fully saturated rings. The van der Waals surface area contributed by atoms with E-state index in [4.69, 9.17) is 19.2 Å². The van der Waals surface area contributed by atoms with Crippen molar-refractivity contribution in [2.75, 3.05) is 33.9 Å². The van der Waals surface area contributed by atoms with Gasteiger partial charge in [0.2, 0.25) is 0 Å². The third kappa shape index (κ3) is 3.68. The van der Waals surface area contributed by atoms with Gasteiger partial charge in [-0.05, 0) is 52.7 Å². The van der Waals surface area contributed by atoms with Crippen molar-refractivity contribution < 1.29 is 24.1 Å². The van der Waals surface area contributed by atoms with Gasteiger partial charge in [0.05, 0.1) is 48.0 Å². The zero-order valence-electron chi connectivity index (χ0n) is 18.1. The second-order valence-corrected chi connectivity index (χ2v) is 9.29. The third-order valence-corrected chi connectivity index (χ3v) is 7.61. The molecule has 0 unspecified atom stereocenters. The van der Waals surface area contributed by atoms with Gasteiger partial charge < -0.3 is 19.3 Å². The molecule has 1 aromatic rings. The largest absolute Gasteiger partial charge is 0.504 e. The predicted molar refractivity (Wildman–Crippen MR) is 121 cm³/mol. The smallest absolute Gasteiger partial charge is 0.293 e. The van der Waals surface area contributed by atoms with Crippen LogP contribution in [0, 0.1) is 11.8 Å². The SMILES string of the molecule is CC[C@@H]1CN2CC[C@@]3(O)C(=Nc4ccc(Br)c(OC)c43)[C@@H]2C[C@@H]1C(=COC)COC=O. The maximum absolute atomic E-state index is 11.9. The number of halogens is 1.